The van der Waals surface area contributed by atoms with E-state index in [1.54, 1.807) is 35.4 Å². The highest BCUT2D eigenvalue weighted by molar-refractivity contribution is 6.22. The van der Waals surface area contributed by atoms with E-state index in [0.29, 0.717) is 44.1 Å². The Kier molecular flexibility index (Phi) is 8.99. The predicted octanol–water partition coefficient (Wildman–Crippen LogP) is 2.21. The summed E-state index contributed by atoms with van der Waals surface area (Å²) in [7, 11) is 0. The Bertz CT molecular complexity index is 1740. The summed E-state index contributed by atoms with van der Waals surface area (Å²) in [6.45, 7) is 4.79. The fourth-order valence-corrected chi connectivity index (χ4v) is 5.98. The first kappa shape index (κ1) is 30.8. The Labute approximate surface area is 266 Å². The van der Waals surface area contributed by atoms with Gasteiger partial charge in [0, 0.05) is 67.3 Å². The van der Waals surface area contributed by atoms with Crippen LogP contribution in [0.4, 0.5) is 4.79 Å². The van der Waals surface area contributed by atoms with Crippen molar-refractivity contribution in [2.45, 2.75) is 25.5 Å². The number of carbonyl (C=O) groups excluding carboxylic acids is 4. The SMILES string of the molecule is Cc1cc(COc2ccc(C(=O)NCC3(N4CCN(CCc5cccnc5)CC4)C(=O)NC(=O)NC3=O)cc2)c2ccccc2n1. The molecule has 0 spiro atoms. The maximum Gasteiger partial charge on any atom is 0.328 e. The van der Waals surface area contributed by atoms with Gasteiger partial charge in [-0.1, -0.05) is 24.3 Å². The van der Waals surface area contributed by atoms with Crippen LogP contribution in [0.3, 0.4) is 0 Å². The maximum absolute atomic E-state index is 13.3. The van der Waals surface area contributed by atoms with E-state index in [0.717, 1.165) is 40.7 Å². The third-order valence-corrected chi connectivity index (χ3v) is 8.50. The van der Waals surface area contributed by atoms with Gasteiger partial charge in [-0.25, -0.2) is 4.79 Å². The number of rotatable bonds is 10. The average molecular weight is 622 g/mol. The highest BCUT2D eigenvalue weighted by Gasteiger charge is 2.55. The number of aromatic nitrogens is 2. The number of urea groups is 1. The number of benzene rings is 2. The Hall–Kier alpha value is -5.20. The number of fused-ring (bicyclic) bond motifs is 1. The predicted molar refractivity (Wildman–Crippen MR) is 170 cm³/mol. The summed E-state index contributed by atoms with van der Waals surface area (Å²) in [4.78, 5) is 64.5. The molecule has 2 aliphatic rings. The van der Waals surface area contributed by atoms with Gasteiger partial charge in [-0.15, -0.1) is 0 Å². The van der Waals surface area contributed by atoms with Gasteiger partial charge in [-0.3, -0.25) is 39.9 Å². The van der Waals surface area contributed by atoms with Gasteiger partial charge in [0.25, 0.3) is 17.7 Å². The zero-order valence-corrected chi connectivity index (χ0v) is 25.5. The average Bonchev–Trinajstić information content (AvgIpc) is 3.07. The lowest BCUT2D eigenvalue weighted by Gasteiger charge is -2.46. The topological polar surface area (TPSA) is 146 Å². The number of carbonyl (C=O) groups is 4. The van der Waals surface area contributed by atoms with Gasteiger partial charge in [-0.2, -0.15) is 0 Å². The molecule has 5 amide bonds. The van der Waals surface area contributed by atoms with Gasteiger partial charge < -0.3 is 15.0 Å². The number of hydrogen-bond acceptors (Lipinski definition) is 9. The van der Waals surface area contributed by atoms with Crippen molar-refractivity contribution in [3.05, 3.63) is 102 Å². The highest BCUT2D eigenvalue weighted by atomic mass is 16.5. The number of piperazine rings is 1. The minimum absolute atomic E-state index is 0.306. The number of aryl methyl sites for hydroxylation is 1. The van der Waals surface area contributed by atoms with Gasteiger partial charge in [0.05, 0.1) is 12.1 Å². The molecule has 46 heavy (non-hydrogen) atoms. The Morgan fingerprint density at radius 2 is 1.70 bits per heavy atom. The van der Waals surface area contributed by atoms with E-state index in [4.69, 9.17) is 4.74 Å². The van der Waals surface area contributed by atoms with Crippen LogP contribution in [-0.2, 0) is 22.6 Å². The molecular formula is C34H35N7O5. The molecule has 2 saturated heterocycles. The second kappa shape index (κ2) is 13.4. The fourth-order valence-electron chi connectivity index (χ4n) is 5.98. The molecule has 2 aromatic carbocycles. The van der Waals surface area contributed by atoms with Crippen molar-refractivity contribution < 1.29 is 23.9 Å². The standard InChI is InChI=1S/C34H35N7O5/c1-23-19-26(28-6-2-3-7-29(28)37-23)21-46-27-10-8-25(9-11-27)30(42)36-22-34(31(43)38-33(45)39-32(34)44)41-17-15-40(16-18-41)14-12-24-5-4-13-35-20-24/h2-11,13,19-20H,12,14-18,21-22H2,1H3,(H,36,42)(H2,38,39,43,44,45). The zero-order valence-electron chi connectivity index (χ0n) is 25.5. The first-order valence-electron chi connectivity index (χ1n) is 15.2. The monoisotopic (exact) mass is 621 g/mol. The van der Waals surface area contributed by atoms with E-state index in [9.17, 15) is 19.2 Å². The maximum atomic E-state index is 13.3. The molecular weight excluding hydrogens is 586 g/mol. The normalized spacial score (nSPS) is 16.9. The molecule has 0 bridgehead atoms. The third-order valence-electron chi connectivity index (χ3n) is 8.50. The number of para-hydroxylation sites is 1. The molecule has 2 aromatic heterocycles. The number of nitrogens with one attached hydrogen (secondary N) is 3. The van der Waals surface area contributed by atoms with Crippen LogP contribution in [0.15, 0.2) is 79.1 Å². The van der Waals surface area contributed by atoms with Crippen LogP contribution in [0.5, 0.6) is 5.75 Å². The molecule has 0 saturated carbocycles. The van der Waals surface area contributed by atoms with Gasteiger partial charge in [0.2, 0.25) is 0 Å². The lowest BCUT2D eigenvalue weighted by molar-refractivity contribution is -0.148. The lowest BCUT2D eigenvalue weighted by atomic mass is 9.91. The van der Waals surface area contributed by atoms with E-state index < -0.39 is 29.3 Å². The summed E-state index contributed by atoms with van der Waals surface area (Å²) in [5.74, 6) is -1.40. The second-order valence-electron chi connectivity index (χ2n) is 11.5. The summed E-state index contributed by atoms with van der Waals surface area (Å²) in [6, 6.07) is 19.6. The molecule has 12 heteroatoms. The Balaban J connectivity index is 1.09. The van der Waals surface area contributed by atoms with Crippen molar-refractivity contribution in [3.8, 4) is 5.75 Å². The van der Waals surface area contributed by atoms with E-state index >= 15 is 0 Å². The summed E-state index contributed by atoms with van der Waals surface area (Å²) >= 11 is 0. The van der Waals surface area contributed by atoms with Crippen LogP contribution in [-0.4, -0.2) is 88.3 Å². The number of barbiturate groups is 1. The van der Waals surface area contributed by atoms with Crippen LogP contribution in [0.25, 0.3) is 10.9 Å². The summed E-state index contributed by atoms with van der Waals surface area (Å²) in [6.07, 6.45) is 4.41. The number of imide groups is 2. The minimum atomic E-state index is -1.77. The van der Waals surface area contributed by atoms with Gasteiger partial charge >= 0.3 is 6.03 Å². The van der Waals surface area contributed by atoms with Crippen LogP contribution >= 0.6 is 0 Å². The Morgan fingerprint density at radius 3 is 2.41 bits per heavy atom. The molecule has 236 valence electrons. The van der Waals surface area contributed by atoms with Crippen molar-refractivity contribution in [1.82, 2.24) is 35.7 Å². The molecule has 4 aromatic rings. The van der Waals surface area contributed by atoms with Gasteiger partial charge in [0.15, 0.2) is 5.54 Å². The molecule has 0 atom stereocenters. The van der Waals surface area contributed by atoms with Crippen molar-refractivity contribution in [2.24, 2.45) is 0 Å². The number of nitrogens with zero attached hydrogens (tertiary/aromatic N) is 4. The second-order valence-corrected chi connectivity index (χ2v) is 11.5. The molecule has 4 heterocycles. The van der Waals surface area contributed by atoms with Crippen molar-refractivity contribution in [3.63, 3.8) is 0 Å². The summed E-state index contributed by atoms with van der Waals surface area (Å²) < 4.78 is 6.02. The van der Waals surface area contributed by atoms with Crippen LogP contribution in [0, 0.1) is 6.92 Å². The molecule has 6 rings (SSSR count). The quantitative estimate of drug-likeness (QED) is 0.227. The van der Waals surface area contributed by atoms with Crippen LogP contribution in [0.2, 0.25) is 0 Å². The largest absolute Gasteiger partial charge is 0.489 e. The van der Waals surface area contributed by atoms with Crippen molar-refractivity contribution in [1.29, 1.82) is 0 Å². The van der Waals surface area contributed by atoms with Crippen LogP contribution in [0.1, 0.15) is 27.2 Å². The molecule has 0 radical (unpaired) electrons. The van der Waals surface area contributed by atoms with Crippen molar-refractivity contribution >= 4 is 34.7 Å². The Morgan fingerprint density at radius 1 is 0.957 bits per heavy atom. The number of amides is 5. The van der Waals surface area contributed by atoms with Gasteiger partial charge in [-0.05, 0) is 61.4 Å². The number of pyridine rings is 2. The highest BCUT2D eigenvalue weighted by Crippen LogP contribution is 2.23. The minimum Gasteiger partial charge on any atom is -0.489 e. The zero-order chi connectivity index (χ0) is 32.1. The fraction of sp³-hybridized carbons (Fsp3) is 0.294. The van der Waals surface area contributed by atoms with E-state index in [2.05, 4.69) is 30.8 Å². The molecule has 2 aliphatic heterocycles. The summed E-state index contributed by atoms with van der Waals surface area (Å²) in [5, 5.41) is 8.23. The first-order chi connectivity index (χ1) is 22.3. The van der Waals surface area contributed by atoms with E-state index in [1.807, 2.05) is 55.6 Å². The smallest absolute Gasteiger partial charge is 0.328 e. The van der Waals surface area contributed by atoms with Crippen LogP contribution < -0.4 is 20.7 Å². The van der Waals surface area contributed by atoms with Crippen molar-refractivity contribution in [2.75, 3.05) is 39.3 Å². The lowest BCUT2D eigenvalue weighted by Crippen LogP contribution is -2.77. The number of hydrogen-bond donors (Lipinski definition) is 3. The molecule has 3 N–H and O–H groups in total. The first-order valence-corrected chi connectivity index (χ1v) is 15.2. The summed E-state index contributed by atoms with van der Waals surface area (Å²) in [5.41, 5.74) is 2.50. The molecule has 0 aliphatic carbocycles. The molecule has 2 fully saturated rings. The van der Waals surface area contributed by atoms with E-state index in [-0.39, 0.29) is 6.54 Å². The van der Waals surface area contributed by atoms with E-state index in [1.165, 1.54) is 0 Å². The number of ether oxygens (including phenoxy) is 1. The molecule has 12 nitrogen and oxygen atoms in total. The third kappa shape index (κ3) is 6.58. The molecule has 0 unspecified atom stereocenters. The van der Waals surface area contributed by atoms with Gasteiger partial charge in [0.1, 0.15) is 12.4 Å².